The topological polar surface area (TPSA) is 0 Å². The molecule has 0 aliphatic carbocycles. The van der Waals surface area contributed by atoms with Crippen LogP contribution in [0.4, 0.5) is 0 Å². The molecule has 0 aromatic carbocycles. The van der Waals surface area contributed by atoms with Crippen molar-refractivity contribution in [2.24, 2.45) is 0 Å². The van der Waals surface area contributed by atoms with E-state index in [0.29, 0.717) is 0 Å². The summed E-state index contributed by atoms with van der Waals surface area (Å²) in [6, 6.07) is 0. The highest BCUT2D eigenvalue weighted by molar-refractivity contribution is 14.2. The molecule has 7 heteroatoms. The van der Waals surface area contributed by atoms with Gasteiger partial charge in [0.2, 0.25) is 0 Å². The van der Waals surface area contributed by atoms with E-state index in [4.69, 9.17) is 22.4 Å². The van der Waals surface area contributed by atoms with Gasteiger partial charge in [0.1, 0.15) is 0 Å². The highest BCUT2D eigenvalue weighted by atomic mass is 127. The Balaban J connectivity index is 4.82. The molecule has 0 radical (unpaired) electrons. The average molecular weight is 319 g/mol. The van der Waals surface area contributed by atoms with Gasteiger partial charge in [0, 0.05) is 0 Å². The highest BCUT2D eigenvalue weighted by Gasteiger charge is 1.72. The molecule has 44 valence electrons. The largest absolute Gasteiger partial charge is 0.272 e. The van der Waals surface area contributed by atoms with Gasteiger partial charge in [0.05, 0.1) is 0 Å². The van der Waals surface area contributed by atoms with E-state index in [2.05, 4.69) is 22.4 Å². The minimum Gasteiger partial charge on any atom is -0.272 e. The van der Waals surface area contributed by atoms with E-state index >= 15 is 0 Å². The molecule has 0 aliphatic rings. The normalized spacial score (nSPS) is 12.3. The van der Waals surface area contributed by atoms with Gasteiger partial charge in [0.15, 0.2) is 0 Å². The van der Waals surface area contributed by atoms with Crippen molar-refractivity contribution >= 4 is 76.4 Å². The molecule has 0 aliphatic heterocycles. The minimum absolute atomic E-state index is 0.567. The summed E-state index contributed by atoms with van der Waals surface area (Å²) in [6.07, 6.45) is 0. The van der Waals surface area contributed by atoms with Crippen LogP contribution in [-0.4, -0.2) is 0 Å². The molecule has 0 fully saturated rings. The predicted molar refractivity (Wildman–Crippen MR) is 58.2 cm³/mol. The molecule has 0 nitrogen and oxygen atoms in total. The second-order valence-electron chi connectivity index (χ2n) is 0.597. The fourth-order valence-electron chi connectivity index (χ4n) is 0. The minimum atomic E-state index is -1.45. The Morgan fingerprint density at radius 2 is 1.43 bits per heavy atom. The van der Waals surface area contributed by atoms with Crippen molar-refractivity contribution < 1.29 is 0 Å². The maximum absolute atomic E-state index is 4.80. The zero-order valence-electron chi connectivity index (χ0n) is 2.83. The molecule has 0 N–H and O–H groups in total. The Hall–Kier alpha value is 2.31. The zero-order chi connectivity index (χ0) is 6.08. The molecular weight excluding hydrogens is 319 g/mol. The van der Waals surface area contributed by atoms with E-state index in [1.54, 1.807) is 0 Å². The predicted octanol–water partition coefficient (Wildman–Crippen LogP) is 0.871. The van der Waals surface area contributed by atoms with Crippen molar-refractivity contribution in [2.75, 3.05) is 0 Å². The summed E-state index contributed by atoms with van der Waals surface area (Å²) in [6.45, 7) is 0. The molecule has 0 amide bonds. The van der Waals surface area contributed by atoms with Crippen LogP contribution in [0, 0.1) is 0 Å². The van der Waals surface area contributed by atoms with E-state index in [9.17, 15) is 0 Å². The first-order valence-corrected chi connectivity index (χ1v) is 10.6. The van der Waals surface area contributed by atoms with E-state index in [-0.39, 0.29) is 0 Å². The molecule has 0 saturated heterocycles. The van der Waals surface area contributed by atoms with Gasteiger partial charge in [-0.05, 0) is 21.2 Å². The molecule has 0 rings (SSSR count). The van der Waals surface area contributed by atoms with Crippen LogP contribution in [0.15, 0.2) is 0 Å². The lowest BCUT2D eigenvalue weighted by Gasteiger charge is -1.99. The van der Waals surface area contributed by atoms with Gasteiger partial charge in [-0.2, -0.15) is 0 Å². The van der Waals surface area contributed by atoms with Gasteiger partial charge in [0.25, 0.3) is 0 Å². The number of halogens is 1. The third kappa shape index (κ3) is 4.79. The maximum Gasteiger partial charge on any atom is -0.0167 e. The molecule has 0 aromatic rings. The van der Waals surface area contributed by atoms with Crippen LogP contribution in [-0.2, 0) is 55.1 Å². The van der Waals surface area contributed by atoms with E-state index in [1.807, 2.05) is 21.2 Å². The quantitative estimate of drug-likeness (QED) is 0.304. The molecular formula is IS6-. The van der Waals surface area contributed by atoms with E-state index in [0.717, 1.165) is 0 Å². The Bertz CT molecular complexity index is 192. The lowest BCUT2D eigenvalue weighted by Crippen LogP contribution is -1.77. The van der Waals surface area contributed by atoms with E-state index < -0.39 is 10.4 Å². The van der Waals surface area contributed by atoms with Crippen molar-refractivity contribution in [1.82, 2.24) is 0 Å². The summed E-state index contributed by atoms with van der Waals surface area (Å²) in [4.78, 5) is 0. The molecule has 0 heterocycles. The smallest absolute Gasteiger partial charge is 0.0167 e. The number of hydrogen-bond acceptors (Lipinski definition) is 5. The molecule has 0 saturated carbocycles. The van der Waals surface area contributed by atoms with Crippen molar-refractivity contribution in [2.45, 2.75) is 0 Å². The van der Waals surface area contributed by atoms with E-state index in [1.165, 1.54) is 0 Å². The summed E-state index contributed by atoms with van der Waals surface area (Å²) < 4.78 is -1.45. The maximum atomic E-state index is 4.80. The standard InChI is InChI=1S/IS6/c1-7(4,5)6(2)3/q-1. The monoisotopic (exact) mass is 319 g/mol. The number of hydrogen-bond donors (Lipinski definition) is 0. The molecule has 0 unspecified atom stereocenters. The molecule has 0 aromatic heterocycles. The fraction of sp³-hybridized carbons (Fsp3) is 0. The summed E-state index contributed by atoms with van der Waals surface area (Å²) in [5.74, 6) is 0. The first-order chi connectivity index (χ1) is 2.94. The second-order valence-corrected chi connectivity index (χ2v) is 22.4. The van der Waals surface area contributed by atoms with Crippen molar-refractivity contribution in [3.8, 4) is 0 Å². The van der Waals surface area contributed by atoms with Crippen molar-refractivity contribution in [1.29, 1.82) is 0 Å². The van der Waals surface area contributed by atoms with Gasteiger partial charge >= 0.3 is 0 Å². The summed E-state index contributed by atoms with van der Waals surface area (Å²) in [5.41, 5.74) is 0. The van der Waals surface area contributed by atoms with Crippen LogP contribution in [0.2, 0.25) is 0 Å². The first-order valence-electron chi connectivity index (χ1n) is 0.988. The van der Waals surface area contributed by atoms with Crippen LogP contribution in [0.25, 0.3) is 0 Å². The lowest BCUT2D eigenvalue weighted by atomic mass is 30.4. The van der Waals surface area contributed by atoms with Crippen LogP contribution in [0.1, 0.15) is 0 Å². The van der Waals surface area contributed by atoms with Crippen molar-refractivity contribution in [3.63, 3.8) is 0 Å². The van der Waals surface area contributed by atoms with Crippen LogP contribution in [0.5, 0.6) is 0 Å². The number of rotatable bonds is 1. The average Bonchev–Trinajstić information content (AvgIpc) is 1.31. The van der Waals surface area contributed by atoms with Gasteiger partial charge < -0.3 is 0 Å². The summed E-state index contributed by atoms with van der Waals surface area (Å²) in [7, 11) is -0.567. The summed E-state index contributed by atoms with van der Waals surface area (Å²) >= 11 is 20.9. The second kappa shape index (κ2) is 3.47. The highest BCUT2D eigenvalue weighted by Crippen LogP contribution is 2.03. The van der Waals surface area contributed by atoms with Crippen LogP contribution in [0.3, 0.4) is 0 Å². The molecule has 0 spiro atoms. The van der Waals surface area contributed by atoms with Gasteiger partial charge in [-0.3, -0.25) is 7.05 Å². The Morgan fingerprint density at radius 1 is 1.29 bits per heavy atom. The van der Waals surface area contributed by atoms with Crippen molar-refractivity contribution in [3.05, 3.63) is 0 Å². The first kappa shape index (κ1) is 9.31. The summed E-state index contributed by atoms with van der Waals surface area (Å²) in [5, 5.41) is 0. The zero-order valence-corrected chi connectivity index (χ0v) is 9.88. The third-order valence-electron chi connectivity index (χ3n) is 0.163. The Labute approximate surface area is 75.1 Å². The van der Waals surface area contributed by atoms with Gasteiger partial charge in [-0.1, -0.05) is 25.7 Å². The molecule has 0 atom stereocenters. The van der Waals surface area contributed by atoms with Gasteiger partial charge in [-0.15, -0.1) is 0 Å². The third-order valence-corrected chi connectivity index (χ3v) is 18.3. The van der Waals surface area contributed by atoms with Crippen LogP contribution < -0.4 is 0 Å². The molecule has 0 bridgehead atoms. The lowest BCUT2D eigenvalue weighted by molar-refractivity contribution is 5.70. The van der Waals surface area contributed by atoms with Gasteiger partial charge in [-0.25, -0.2) is 22.4 Å². The Kier molecular flexibility index (Phi) is 4.62. The fourth-order valence-corrected chi connectivity index (χ4v) is 0. The SMILES string of the molecule is S=[S-](=S)S(=S)(=S)I. The molecule has 7 heavy (non-hydrogen) atoms. The Morgan fingerprint density at radius 3 is 1.43 bits per heavy atom. The van der Waals surface area contributed by atoms with Crippen LogP contribution >= 0.6 is 21.2 Å².